The van der Waals surface area contributed by atoms with Gasteiger partial charge in [-0.2, -0.15) is 0 Å². The summed E-state index contributed by atoms with van der Waals surface area (Å²) in [4.78, 5) is 12.0. The molecule has 22 heavy (non-hydrogen) atoms. The van der Waals surface area contributed by atoms with Gasteiger partial charge in [0.25, 0.3) is 0 Å². The largest absolute Gasteiger partial charge is 0.388 e. The number of hydrogen-bond donors (Lipinski definition) is 3. The maximum atomic E-state index is 12.0. The van der Waals surface area contributed by atoms with Crippen LogP contribution in [-0.2, 0) is 12.8 Å². The van der Waals surface area contributed by atoms with E-state index in [0.29, 0.717) is 6.54 Å². The zero-order valence-electron chi connectivity index (χ0n) is 13.3. The highest BCUT2D eigenvalue weighted by Gasteiger charge is 2.34. The summed E-state index contributed by atoms with van der Waals surface area (Å²) in [6.45, 7) is 2.35. The number of hydrogen-bond acceptors (Lipinski definition) is 2. The lowest BCUT2D eigenvalue weighted by Gasteiger charge is -2.36. The SMILES string of the molecule is CC(NC(=O)NCC1(O)CCC1)c1ccc2c(c1)CCCC2. The summed E-state index contributed by atoms with van der Waals surface area (Å²) in [7, 11) is 0. The fraction of sp³-hybridized carbons (Fsp3) is 0.611. The maximum Gasteiger partial charge on any atom is 0.315 e. The van der Waals surface area contributed by atoms with Gasteiger partial charge in [-0.05, 0) is 68.6 Å². The smallest absolute Gasteiger partial charge is 0.315 e. The number of nitrogens with one attached hydrogen (secondary N) is 2. The van der Waals surface area contributed by atoms with Crippen molar-refractivity contribution in [2.24, 2.45) is 0 Å². The van der Waals surface area contributed by atoms with Crippen LogP contribution in [0.2, 0.25) is 0 Å². The first kappa shape index (κ1) is 15.3. The molecule has 1 atom stereocenters. The van der Waals surface area contributed by atoms with E-state index in [1.54, 1.807) is 0 Å². The zero-order valence-corrected chi connectivity index (χ0v) is 13.3. The number of aryl methyl sites for hydroxylation is 2. The lowest BCUT2D eigenvalue weighted by molar-refractivity contribution is -0.0290. The third-order valence-corrected chi connectivity index (χ3v) is 5.08. The fourth-order valence-electron chi connectivity index (χ4n) is 3.36. The standard InChI is InChI=1S/C18H26N2O2/c1-13(20-17(21)19-12-18(22)9-4-10-18)15-8-7-14-5-2-3-6-16(14)11-15/h7-8,11,13,22H,2-6,9-10,12H2,1H3,(H2,19,20,21). The molecule has 1 saturated carbocycles. The molecule has 0 saturated heterocycles. The quantitative estimate of drug-likeness (QED) is 0.801. The van der Waals surface area contributed by atoms with E-state index >= 15 is 0 Å². The summed E-state index contributed by atoms with van der Waals surface area (Å²) in [5.41, 5.74) is 3.37. The zero-order chi connectivity index (χ0) is 15.6. The van der Waals surface area contributed by atoms with Gasteiger partial charge >= 0.3 is 6.03 Å². The molecule has 0 bridgehead atoms. The molecule has 3 rings (SSSR count). The third-order valence-electron chi connectivity index (χ3n) is 5.08. The minimum absolute atomic E-state index is 0.0248. The summed E-state index contributed by atoms with van der Waals surface area (Å²) >= 11 is 0. The first-order chi connectivity index (χ1) is 10.6. The van der Waals surface area contributed by atoms with Gasteiger partial charge in [-0.25, -0.2) is 4.79 Å². The second-order valence-corrected chi connectivity index (χ2v) is 6.86. The van der Waals surface area contributed by atoms with E-state index < -0.39 is 5.60 Å². The van der Waals surface area contributed by atoms with Crippen LogP contribution in [-0.4, -0.2) is 23.3 Å². The summed E-state index contributed by atoms with van der Waals surface area (Å²) in [6, 6.07) is 6.33. The molecule has 4 nitrogen and oxygen atoms in total. The lowest BCUT2D eigenvalue weighted by Crippen LogP contribution is -2.50. The Hall–Kier alpha value is -1.55. The molecule has 1 aromatic rings. The van der Waals surface area contributed by atoms with Gasteiger partial charge in [0.15, 0.2) is 0 Å². The molecule has 2 aliphatic carbocycles. The fourth-order valence-corrected chi connectivity index (χ4v) is 3.36. The van der Waals surface area contributed by atoms with Crippen LogP contribution in [0.3, 0.4) is 0 Å². The van der Waals surface area contributed by atoms with Crippen LogP contribution in [0, 0.1) is 0 Å². The maximum absolute atomic E-state index is 12.0. The number of urea groups is 1. The molecule has 2 amide bonds. The Morgan fingerprint density at radius 3 is 2.64 bits per heavy atom. The van der Waals surface area contributed by atoms with Crippen molar-refractivity contribution in [3.8, 4) is 0 Å². The predicted octanol–water partition coefficient (Wildman–Crippen LogP) is 2.84. The van der Waals surface area contributed by atoms with Gasteiger partial charge in [0, 0.05) is 6.54 Å². The molecule has 3 N–H and O–H groups in total. The van der Waals surface area contributed by atoms with Crippen LogP contribution in [0.1, 0.15) is 61.8 Å². The number of fused-ring (bicyclic) bond motifs is 1. The Morgan fingerprint density at radius 1 is 1.23 bits per heavy atom. The van der Waals surface area contributed by atoms with Gasteiger partial charge in [0.05, 0.1) is 11.6 Å². The van der Waals surface area contributed by atoms with Crippen LogP contribution >= 0.6 is 0 Å². The van der Waals surface area contributed by atoms with Crippen molar-refractivity contribution < 1.29 is 9.90 Å². The molecule has 0 aliphatic heterocycles. The summed E-state index contributed by atoms with van der Waals surface area (Å²) in [5.74, 6) is 0. The van der Waals surface area contributed by atoms with E-state index in [1.807, 2.05) is 6.92 Å². The molecule has 2 aliphatic rings. The number of aliphatic hydroxyl groups is 1. The molecular weight excluding hydrogens is 276 g/mol. The first-order valence-corrected chi connectivity index (χ1v) is 8.44. The minimum Gasteiger partial charge on any atom is -0.388 e. The predicted molar refractivity (Wildman–Crippen MR) is 86.8 cm³/mol. The van der Waals surface area contributed by atoms with E-state index in [2.05, 4.69) is 28.8 Å². The molecule has 0 radical (unpaired) electrons. The summed E-state index contributed by atoms with van der Waals surface area (Å²) in [6.07, 6.45) is 7.49. The normalized spacial score (nSPS) is 20.5. The number of amides is 2. The third kappa shape index (κ3) is 3.43. The van der Waals surface area contributed by atoms with Crippen LogP contribution in [0.4, 0.5) is 4.79 Å². The van der Waals surface area contributed by atoms with Gasteiger partial charge in [0.2, 0.25) is 0 Å². The number of carbonyl (C=O) groups excluding carboxylic acids is 1. The Bertz CT molecular complexity index is 552. The highest BCUT2D eigenvalue weighted by molar-refractivity contribution is 5.74. The molecule has 1 fully saturated rings. The monoisotopic (exact) mass is 302 g/mol. The van der Waals surface area contributed by atoms with Crippen molar-refractivity contribution >= 4 is 6.03 Å². The number of carbonyl (C=O) groups is 1. The second kappa shape index (κ2) is 6.29. The van der Waals surface area contributed by atoms with E-state index in [9.17, 15) is 9.90 Å². The van der Waals surface area contributed by atoms with E-state index in [-0.39, 0.29) is 12.1 Å². The molecule has 1 aromatic carbocycles. The lowest BCUT2D eigenvalue weighted by atomic mass is 9.80. The van der Waals surface area contributed by atoms with Crippen LogP contribution < -0.4 is 10.6 Å². The van der Waals surface area contributed by atoms with Gasteiger partial charge in [-0.15, -0.1) is 0 Å². The van der Waals surface area contributed by atoms with Crippen molar-refractivity contribution in [2.45, 2.75) is 63.5 Å². The van der Waals surface area contributed by atoms with Gasteiger partial charge in [-0.1, -0.05) is 18.2 Å². The van der Waals surface area contributed by atoms with Crippen LogP contribution in [0.15, 0.2) is 18.2 Å². The van der Waals surface area contributed by atoms with Gasteiger partial charge in [-0.3, -0.25) is 0 Å². The molecule has 0 heterocycles. The average molecular weight is 302 g/mol. The molecule has 1 unspecified atom stereocenters. The van der Waals surface area contributed by atoms with Crippen molar-refractivity contribution in [2.75, 3.05) is 6.54 Å². The summed E-state index contributed by atoms with van der Waals surface area (Å²) in [5, 5.41) is 15.8. The Balaban J connectivity index is 1.54. The highest BCUT2D eigenvalue weighted by Crippen LogP contribution is 2.30. The van der Waals surface area contributed by atoms with Crippen LogP contribution in [0.25, 0.3) is 0 Å². The topological polar surface area (TPSA) is 61.4 Å². The molecule has 120 valence electrons. The summed E-state index contributed by atoms with van der Waals surface area (Å²) < 4.78 is 0. The minimum atomic E-state index is -0.674. The number of benzene rings is 1. The van der Waals surface area contributed by atoms with E-state index in [4.69, 9.17) is 0 Å². The Labute approximate surface area is 132 Å². The Kier molecular flexibility index (Phi) is 4.39. The second-order valence-electron chi connectivity index (χ2n) is 6.86. The van der Waals surface area contributed by atoms with Gasteiger partial charge < -0.3 is 15.7 Å². The Morgan fingerprint density at radius 2 is 1.95 bits per heavy atom. The van der Waals surface area contributed by atoms with Crippen molar-refractivity contribution in [3.63, 3.8) is 0 Å². The van der Waals surface area contributed by atoms with Crippen molar-refractivity contribution in [1.82, 2.24) is 10.6 Å². The average Bonchev–Trinajstić information content (AvgIpc) is 2.50. The molecule has 0 spiro atoms. The highest BCUT2D eigenvalue weighted by atomic mass is 16.3. The molecule has 4 heteroatoms. The van der Waals surface area contributed by atoms with Crippen molar-refractivity contribution in [1.29, 1.82) is 0 Å². The van der Waals surface area contributed by atoms with E-state index in [1.165, 1.54) is 30.4 Å². The van der Waals surface area contributed by atoms with Crippen molar-refractivity contribution in [3.05, 3.63) is 34.9 Å². The van der Waals surface area contributed by atoms with E-state index in [0.717, 1.165) is 31.2 Å². The molecule has 0 aromatic heterocycles. The number of rotatable bonds is 4. The van der Waals surface area contributed by atoms with Crippen LogP contribution in [0.5, 0.6) is 0 Å². The molecular formula is C18H26N2O2. The first-order valence-electron chi connectivity index (χ1n) is 8.44. The van der Waals surface area contributed by atoms with Gasteiger partial charge in [0.1, 0.15) is 0 Å².